The summed E-state index contributed by atoms with van der Waals surface area (Å²) in [4.78, 5) is 11.2. The van der Waals surface area contributed by atoms with Gasteiger partial charge in [0.1, 0.15) is 30.1 Å². The molecule has 5 unspecified atom stereocenters. The molecule has 192 valence electrons. The number of carbonyl (C=O) groups is 1. The minimum Gasteiger partial charge on any atom is -0.465 e. The Bertz CT molecular complexity index is 1160. The number of aliphatic hydroxyl groups excluding tert-OH is 3. The largest absolute Gasteiger partial charge is 0.516 e. The number of rotatable bonds is 7. The molecule has 1 heterocycles. The number of ether oxygens (including phenoxy) is 2. The Morgan fingerprint density at radius 2 is 1.77 bits per heavy atom. The molecule has 1 aliphatic rings. The third-order valence-electron chi connectivity index (χ3n) is 5.03. The number of anilines is 1. The van der Waals surface area contributed by atoms with Crippen LogP contribution in [0.4, 0.5) is 23.7 Å². The van der Waals surface area contributed by atoms with Crippen LogP contribution in [0.1, 0.15) is 0 Å². The van der Waals surface area contributed by atoms with Gasteiger partial charge in [0.2, 0.25) is 6.29 Å². The van der Waals surface area contributed by atoms with E-state index in [1.807, 2.05) is 5.32 Å². The van der Waals surface area contributed by atoms with E-state index in [-0.39, 0.29) is 22.6 Å². The van der Waals surface area contributed by atoms with Gasteiger partial charge in [-0.1, -0.05) is 30.3 Å². The number of hydrogen-bond donors (Lipinski definition) is 6. The fraction of sp³-hybridized carbons (Fsp3) is 0.350. The second-order valence-electron chi connectivity index (χ2n) is 7.43. The molecule has 15 heteroatoms. The number of hydrogen-bond acceptors (Lipinski definition) is 8. The zero-order chi connectivity index (χ0) is 26.0. The van der Waals surface area contributed by atoms with Gasteiger partial charge >= 0.3 is 21.6 Å². The first kappa shape index (κ1) is 26.5. The van der Waals surface area contributed by atoms with Crippen LogP contribution in [0.5, 0.6) is 5.75 Å². The van der Waals surface area contributed by atoms with E-state index in [9.17, 15) is 41.7 Å². The molecule has 0 spiro atoms. The van der Waals surface area contributed by atoms with Gasteiger partial charge in [-0.2, -0.15) is 21.6 Å². The van der Waals surface area contributed by atoms with Gasteiger partial charge in [0.25, 0.3) is 0 Å². The first-order valence-electron chi connectivity index (χ1n) is 9.91. The van der Waals surface area contributed by atoms with Crippen LogP contribution in [0.2, 0.25) is 0 Å². The van der Waals surface area contributed by atoms with Crippen LogP contribution in [0.25, 0.3) is 11.1 Å². The normalized spacial score (nSPS) is 25.0. The van der Waals surface area contributed by atoms with E-state index in [1.54, 1.807) is 6.07 Å². The van der Waals surface area contributed by atoms with Crippen molar-refractivity contribution >= 4 is 21.8 Å². The molecule has 1 fully saturated rings. The standard InChI is InChI=1S/C20H21F3N2O9S/c21-20(22,23)35(31,32)25-11-5-3-4-10(8-11)12-6-1-2-7-13(12)33-18-15(24-19(29)30)17(28)16(27)14(9-26)34-18/h1-8,14-18,24-28H,9H2,(H,29,30). The van der Waals surface area contributed by atoms with E-state index < -0.39 is 58.9 Å². The number of benzene rings is 2. The van der Waals surface area contributed by atoms with Crippen LogP contribution in [0, 0.1) is 0 Å². The second-order valence-corrected chi connectivity index (χ2v) is 9.10. The lowest BCUT2D eigenvalue weighted by Crippen LogP contribution is -2.65. The lowest BCUT2D eigenvalue weighted by molar-refractivity contribution is -0.243. The van der Waals surface area contributed by atoms with Gasteiger partial charge in [0.05, 0.1) is 6.61 Å². The smallest absolute Gasteiger partial charge is 0.465 e. The number of para-hydroxylation sites is 1. The molecule has 11 nitrogen and oxygen atoms in total. The highest BCUT2D eigenvalue weighted by atomic mass is 32.2. The maximum Gasteiger partial charge on any atom is 0.516 e. The lowest BCUT2D eigenvalue weighted by Gasteiger charge is -2.41. The highest BCUT2D eigenvalue weighted by molar-refractivity contribution is 7.93. The summed E-state index contributed by atoms with van der Waals surface area (Å²) in [7, 11) is -5.66. The predicted molar refractivity (Wildman–Crippen MR) is 114 cm³/mol. The zero-order valence-electron chi connectivity index (χ0n) is 17.6. The van der Waals surface area contributed by atoms with Gasteiger partial charge in [0.15, 0.2) is 0 Å². The maximum absolute atomic E-state index is 12.7. The van der Waals surface area contributed by atoms with Gasteiger partial charge < -0.3 is 35.2 Å². The molecule has 0 radical (unpaired) electrons. The summed E-state index contributed by atoms with van der Waals surface area (Å²) < 4.78 is 73.7. The summed E-state index contributed by atoms with van der Waals surface area (Å²) in [5, 5.41) is 40.9. The molecular weight excluding hydrogens is 501 g/mol. The number of alkyl halides is 3. The van der Waals surface area contributed by atoms with E-state index in [2.05, 4.69) is 0 Å². The third-order valence-corrected chi connectivity index (χ3v) is 6.15. The molecule has 2 aromatic carbocycles. The number of carboxylic acid groups (broad SMARTS) is 1. The van der Waals surface area contributed by atoms with Crippen molar-refractivity contribution < 1.29 is 56.3 Å². The Kier molecular flexibility index (Phi) is 7.76. The molecule has 1 amide bonds. The highest BCUT2D eigenvalue weighted by Gasteiger charge is 2.47. The molecule has 0 saturated carbocycles. The Hall–Kier alpha value is -3.11. The number of halogens is 3. The average molecular weight is 522 g/mol. The zero-order valence-corrected chi connectivity index (χ0v) is 18.4. The third kappa shape index (κ3) is 5.94. The summed E-state index contributed by atoms with van der Waals surface area (Å²) in [6, 6.07) is 9.48. The van der Waals surface area contributed by atoms with Gasteiger partial charge in [-0.15, -0.1) is 0 Å². The SMILES string of the molecule is O=C(O)NC1C(Oc2ccccc2-c2cccc(NS(=O)(=O)C(F)(F)F)c2)OC(CO)C(O)C1O. The molecule has 6 N–H and O–H groups in total. The van der Waals surface area contributed by atoms with Gasteiger partial charge in [-0.3, -0.25) is 4.72 Å². The summed E-state index contributed by atoms with van der Waals surface area (Å²) in [5.41, 5.74) is -5.43. The molecule has 0 bridgehead atoms. The number of nitrogens with one attached hydrogen (secondary N) is 2. The van der Waals surface area contributed by atoms with Crippen LogP contribution in [-0.2, 0) is 14.8 Å². The van der Waals surface area contributed by atoms with Crippen molar-refractivity contribution in [3.05, 3.63) is 48.5 Å². The lowest BCUT2D eigenvalue weighted by atomic mass is 9.97. The Morgan fingerprint density at radius 3 is 2.40 bits per heavy atom. The van der Waals surface area contributed by atoms with E-state index in [1.165, 1.54) is 35.1 Å². The summed E-state index contributed by atoms with van der Waals surface area (Å²) in [6.07, 6.45) is -7.75. The molecule has 0 aliphatic carbocycles. The quantitative estimate of drug-likeness (QED) is 0.311. The first-order chi connectivity index (χ1) is 16.3. The van der Waals surface area contributed by atoms with E-state index in [4.69, 9.17) is 14.6 Å². The van der Waals surface area contributed by atoms with Crippen LogP contribution in [0.3, 0.4) is 0 Å². The fourth-order valence-corrected chi connectivity index (χ4v) is 3.93. The average Bonchev–Trinajstić information content (AvgIpc) is 2.78. The molecular formula is C20H21F3N2O9S. The van der Waals surface area contributed by atoms with Crippen LogP contribution in [0.15, 0.2) is 48.5 Å². The molecule has 35 heavy (non-hydrogen) atoms. The molecule has 2 aromatic rings. The molecule has 3 rings (SSSR count). The van der Waals surface area contributed by atoms with Gasteiger partial charge in [-0.05, 0) is 23.8 Å². The molecule has 0 aromatic heterocycles. The minimum atomic E-state index is -5.66. The van der Waals surface area contributed by atoms with Crippen molar-refractivity contribution in [2.24, 2.45) is 0 Å². The molecule has 1 aliphatic heterocycles. The van der Waals surface area contributed by atoms with E-state index in [0.717, 1.165) is 12.1 Å². The second kappa shape index (κ2) is 10.2. The Labute approximate surface area is 196 Å². The van der Waals surface area contributed by atoms with Gasteiger partial charge in [0, 0.05) is 11.3 Å². The predicted octanol–water partition coefficient (Wildman–Crippen LogP) is 1.07. The van der Waals surface area contributed by atoms with E-state index >= 15 is 0 Å². The summed E-state index contributed by atoms with van der Waals surface area (Å²) >= 11 is 0. The van der Waals surface area contributed by atoms with Crippen molar-refractivity contribution in [3.8, 4) is 16.9 Å². The fourth-order valence-electron chi connectivity index (χ4n) is 3.38. The topological polar surface area (TPSA) is 175 Å². The Balaban J connectivity index is 1.94. The number of aliphatic hydroxyl groups is 3. The first-order valence-corrected chi connectivity index (χ1v) is 11.4. The summed E-state index contributed by atoms with van der Waals surface area (Å²) in [6.45, 7) is -0.721. The van der Waals surface area contributed by atoms with Crippen LogP contribution >= 0.6 is 0 Å². The van der Waals surface area contributed by atoms with Crippen molar-refractivity contribution in [3.63, 3.8) is 0 Å². The maximum atomic E-state index is 12.7. The Morgan fingerprint density at radius 1 is 1.09 bits per heavy atom. The summed E-state index contributed by atoms with van der Waals surface area (Å²) in [5.74, 6) is 0.0193. The van der Waals surface area contributed by atoms with Crippen molar-refractivity contribution in [1.82, 2.24) is 5.32 Å². The number of amides is 1. The highest BCUT2D eigenvalue weighted by Crippen LogP contribution is 2.35. The van der Waals surface area contributed by atoms with Crippen LogP contribution in [-0.4, -0.2) is 77.7 Å². The van der Waals surface area contributed by atoms with Crippen molar-refractivity contribution in [1.29, 1.82) is 0 Å². The molecule has 1 saturated heterocycles. The monoisotopic (exact) mass is 522 g/mol. The van der Waals surface area contributed by atoms with E-state index in [0.29, 0.717) is 0 Å². The van der Waals surface area contributed by atoms with Gasteiger partial charge in [-0.25, -0.2) is 4.79 Å². The van der Waals surface area contributed by atoms with Crippen LogP contribution < -0.4 is 14.8 Å². The van der Waals surface area contributed by atoms with Crippen molar-refractivity contribution in [2.45, 2.75) is 36.2 Å². The van der Waals surface area contributed by atoms with Crippen molar-refractivity contribution in [2.75, 3.05) is 11.3 Å². The number of sulfonamides is 1. The molecule has 5 atom stereocenters. The minimum absolute atomic E-state index is 0.0193.